The number of rotatable bonds is 4. The number of halogens is 1. The van der Waals surface area contributed by atoms with Crippen LogP contribution in [0.2, 0.25) is 0 Å². The van der Waals surface area contributed by atoms with Gasteiger partial charge in [0.15, 0.2) is 0 Å². The Morgan fingerprint density at radius 1 is 1.50 bits per heavy atom. The van der Waals surface area contributed by atoms with E-state index in [1.54, 1.807) is 17.4 Å². The molecule has 1 unspecified atom stereocenters. The fourth-order valence-electron chi connectivity index (χ4n) is 2.83. The fraction of sp³-hybridized carbons (Fsp3) is 0.400. The predicted octanol–water partition coefficient (Wildman–Crippen LogP) is 2.65. The molecule has 0 aliphatic carbocycles. The van der Waals surface area contributed by atoms with Crippen molar-refractivity contribution in [1.29, 1.82) is 0 Å². The third-order valence-electron chi connectivity index (χ3n) is 3.82. The van der Waals surface area contributed by atoms with Crippen molar-refractivity contribution in [2.45, 2.75) is 25.9 Å². The highest BCUT2D eigenvalue weighted by molar-refractivity contribution is 7.09. The number of hydrogen-bond donors (Lipinski definition) is 1. The zero-order chi connectivity index (χ0) is 14.1. The van der Waals surface area contributed by atoms with Gasteiger partial charge in [0.05, 0.1) is 5.01 Å². The highest BCUT2D eigenvalue weighted by Gasteiger charge is 2.30. The number of hydrogen-bond acceptors (Lipinski definition) is 4. The summed E-state index contributed by atoms with van der Waals surface area (Å²) in [5.41, 5.74) is 8.80. The van der Waals surface area contributed by atoms with E-state index in [0.717, 1.165) is 34.8 Å². The van der Waals surface area contributed by atoms with Gasteiger partial charge in [0.1, 0.15) is 5.82 Å². The summed E-state index contributed by atoms with van der Waals surface area (Å²) in [7, 11) is 0. The lowest BCUT2D eigenvalue weighted by Gasteiger charge is -2.23. The van der Waals surface area contributed by atoms with Crippen LogP contribution in [-0.2, 0) is 13.0 Å². The van der Waals surface area contributed by atoms with Crippen LogP contribution >= 0.6 is 11.3 Å². The van der Waals surface area contributed by atoms with Crippen LogP contribution in [0.4, 0.5) is 4.39 Å². The van der Waals surface area contributed by atoms with Gasteiger partial charge in [0.25, 0.3) is 0 Å². The first-order chi connectivity index (χ1) is 9.69. The Kier molecular flexibility index (Phi) is 3.83. The van der Waals surface area contributed by atoms with E-state index >= 15 is 0 Å². The molecule has 1 aromatic carbocycles. The molecule has 2 heterocycles. The van der Waals surface area contributed by atoms with Crippen molar-refractivity contribution in [2.24, 2.45) is 5.73 Å². The third-order valence-corrected chi connectivity index (χ3v) is 4.85. The molecule has 0 saturated heterocycles. The lowest BCUT2D eigenvalue weighted by atomic mass is 10.0. The van der Waals surface area contributed by atoms with E-state index in [1.807, 2.05) is 13.0 Å². The van der Waals surface area contributed by atoms with E-state index in [-0.39, 0.29) is 11.9 Å². The van der Waals surface area contributed by atoms with Crippen molar-refractivity contribution in [3.05, 3.63) is 51.2 Å². The van der Waals surface area contributed by atoms with Gasteiger partial charge in [0.2, 0.25) is 0 Å². The second-order valence-electron chi connectivity index (χ2n) is 5.16. The smallest absolute Gasteiger partial charge is 0.128 e. The molecule has 1 aliphatic heterocycles. The average molecular weight is 291 g/mol. The Labute approximate surface area is 122 Å². The molecule has 3 rings (SSSR count). The summed E-state index contributed by atoms with van der Waals surface area (Å²) in [5, 5.41) is 3.20. The van der Waals surface area contributed by atoms with E-state index in [1.165, 1.54) is 6.07 Å². The molecule has 2 aromatic rings. The SMILES string of the molecule is Cc1csc(CCN2Cc3c(F)cccc3C2CN)n1. The van der Waals surface area contributed by atoms with Crippen LogP contribution in [0.5, 0.6) is 0 Å². The number of benzene rings is 1. The van der Waals surface area contributed by atoms with Gasteiger partial charge >= 0.3 is 0 Å². The molecule has 1 aromatic heterocycles. The van der Waals surface area contributed by atoms with Crippen molar-refractivity contribution in [1.82, 2.24) is 9.88 Å². The Morgan fingerprint density at radius 3 is 3.05 bits per heavy atom. The van der Waals surface area contributed by atoms with Crippen molar-refractivity contribution in [3.63, 3.8) is 0 Å². The van der Waals surface area contributed by atoms with Crippen LogP contribution in [0.25, 0.3) is 0 Å². The first-order valence-corrected chi connectivity index (χ1v) is 7.69. The van der Waals surface area contributed by atoms with Crippen LogP contribution in [-0.4, -0.2) is 23.0 Å². The van der Waals surface area contributed by atoms with Crippen LogP contribution < -0.4 is 5.73 Å². The molecule has 106 valence electrons. The largest absolute Gasteiger partial charge is 0.329 e. The summed E-state index contributed by atoms with van der Waals surface area (Å²) in [4.78, 5) is 6.73. The van der Waals surface area contributed by atoms with Gasteiger partial charge in [-0.1, -0.05) is 12.1 Å². The molecule has 2 N–H and O–H groups in total. The molecule has 0 bridgehead atoms. The lowest BCUT2D eigenvalue weighted by Crippen LogP contribution is -2.29. The molecule has 0 spiro atoms. The summed E-state index contributed by atoms with van der Waals surface area (Å²) in [5.74, 6) is -0.117. The maximum atomic E-state index is 13.9. The molecule has 5 heteroatoms. The highest BCUT2D eigenvalue weighted by Crippen LogP contribution is 2.34. The molecule has 0 amide bonds. The van der Waals surface area contributed by atoms with Gasteiger partial charge in [-0.3, -0.25) is 4.90 Å². The molecule has 3 nitrogen and oxygen atoms in total. The number of nitrogens with two attached hydrogens (primary N) is 1. The summed E-state index contributed by atoms with van der Waals surface area (Å²) >= 11 is 1.69. The average Bonchev–Trinajstić information content (AvgIpc) is 3.00. The van der Waals surface area contributed by atoms with Crippen LogP contribution in [0.3, 0.4) is 0 Å². The summed E-state index contributed by atoms with van der Waals surface area (Å²) < 4.78 is 13.9. The van der Waals surface area contributed by atoms with Crippen molar-refractivity contribution in [3.8, 4) is 0 Å². The van der Waals surface area contributed by atoms with Gasteiger partial charge in [-0.2, -0.15) is 0 Å². The van der Waals surface area contributed by atoms with Crippen molar-refractivity contribution < 1.29 is 4.39 Å². The van der Waals surface area contributed by atoms with Crippen LogP contribution in [0.1, 0.15) is 27.9 Å². The van der Waals surface area contributed by atoms with Crippen molar-refractivity contribution >= 4 is 11.3 Å². The maximum Gasteiger partial charge on any atom is 0.128 e. The van der Waals surface area contributed by atoms with E-state index in [4.69, 9.17) is 5.73 Å². The number of aromatic nitrogens is 1. The summed E-state index contributed by atoms with van der Waals surface area (Å²) in [6.07, 6.45) is 0.893. The Balaban J connectivity index is 1.74. The van der Waals surface area contributed by atoms with E-state index < -0.39 is 0 Å². The van der Waals surface area contributed by atoms with Gasteiger partial charge < -0.3 is 5.73 Å². The predicted molar refractivity (Wildman–Crippen MR) is 79.2 cm³/mol. The fourth-order valence-corrected chi connectivity index (χ4v) is 3.60. The second kappa shape index (κ2) is 5.60. The zero-order valence-corrected chi connectivity index (χ0v) is 12.3. The summed E-state index contributed by atoms with van der Waals surface area (Å²) in [6, 6.07) is 5.41. The minimum absolute atomic E-state index is 0.117. The Morgan fingerprint density at radius 2 is 2.35 bits per heavy atom. The van der Waals surface area contributed by atoms with Gasteiger partial charge in [0, 0.05) is 48.7 Å². The molecular weight excluding hydrogens is 273 g/mol. The van der Waals surface area contributed by atoms with Gasteiger partial charge in [-0.25, -0.2) is 9.37 Å². The van der Waals surface area contributed by atoms with Gasteiger partial charge in [-0.05, 0) is 18.6 Å². The number of thiazole rings is 1. The molecule has 0 fully saturated rings. The molecule has 0 radical (unpaired) electrons. The monoisotopic (exact) mass is 291 g/mol. The van der Waals surface area contributed by atoms with Gasteiger partial charge in [-0.15, -0.1) is 11.3 Å². The first-order valence-electron chi connectivity index (χ1n) is 6.81. The first kappa shape index (κ1) is 13.7. The molecule has 20 heavy (non-hydrogen) atoms. The molecule has 0 saturated carbocycles. The topological polar surface area (TPSA) is 42.1 Å². The van der Waals surface area contributed by atoms with Crippen LogP contribution in [0, 0.1) is 12.7 Å². The zero-order valence-electron chi connectivity index (χ0n) is 11.5. The normalized spacial score (nSPS) is 18.4. The van der Waals surface area contributed by atoms with Crippen LogP contribution in [0.15, 0.2) is 23.6 Å². The van der Waals surface area contributed by atoms with Crippen molar-refractivity contribution in [2.75, 3.05) is 13.1 Å². The molecule has 1 atom stereocenters. The Bertz CT molecular complexity index is 611. The van der Waals surface area contributed by atoms with E-state index in [2.05, 4.69) is 15.3 Å². The summed E-state index contributed by atoms with van der Waals surface area (Å²) in [6.45, 7) is 4.04. The van der Waals surface area contributed by atoms with E-state index in [9.17, 15) is 4.39 Å². The lowest BCUT2D eigenvalue weighted by molar-refractivity contribution is 0.222. The standard InChI is InChI=1S/C15H18FN3S/c1-10-9-20-15(18-10)5-6-19-8-12-11(14(19)7-17)3-2-4-13(12)16/h2-4,9,14H,5-8,17H2,1H3. The Hall–Kier alpha value is -1.30. The second-order valence-corrected chi connectivity index (χ2v) is 6.10. The number of fused-ring (bicyclic) bond motifs is 1. The molecule has 1 aliphatic rings. The molecular formula is C15H18FN3S. The number of aryl methyl sites for hydroxylation is 1. The maximum absolute atomic E-state index is 13.9. The minimum Gasteiger partial charge on any atom is -0.329 e. The number of nitrogens with zero attached hydrogens (tertiary/aromatic N) is 2. The minimum atomic E-state index is -0.117. The quantitative estimate of drug-likeness (QED) is 0.941. The van der Waals surface area contributed by atoms with E-state index in [0.29, 0.717) is 13.1 Å². The highest BCUT2D eigenvalue weighted by atomic mass is 32.1. The third kappa shape index (κ3) is 2.49.